The number of nitrogens with zero attached hydrogens (tertiary/aromatic N) is 2. The molecule has 0 atom stereocenters. The molecule has 0 aliphatic rings. The molecule has 112 valence electrons. The summed E-state index contributed by atoms with van der Waals surface area (Å²) in [6.45, 7) is 7.96. The van der Waals surface area contributed by atoms with Crippen molar-refractivity contribution in [3.63, 3.8) is 0 Å². The molecule has 0 saturated heterocycles. The van der Waals surface area contributed by atoms with Crippen LogP contribution in [0.4, 0.5) is 0 Å². The molecule has 0 radical (unpaired) electrons. The van der Waals surface area contributed by atoms with E-state index in [0.29, 0.717) is 6.54 Å². The first kappa shape index (κ1) is 16.8. The van der Waals surface area contributed by atoms with Crippen LogP contribution in [-0.2, 0) is 20.9 Å². The molecule has 1 rings (SSSR count). The Bertz CT molecular complexity index is 483. The highest BCUT2D eigenvalue weighted by molar-refractivity contribution is 7.09. The lowest BCUT2D eigenvalue weighted by molar-refractivity contribution is -0.158. The highest BCUT2D eigenvalue weighted by Crippen LogP contribution is 2.20. The lowest BCUT2D eigenvalue weighted by atomic mass is 9.88. The van der Waals surface area contributed by atoms with Gasteiger partial charge >= 0.3 is 5.97 Å². The molecule has 0 unspecified atom stereocenters. The quantitative estimate of drug-likeness (QED) is 0.569. The molecule has 6 heteroatoms. The predicted octanol–water partition coefficient (Wildman–Crippen LogP) is 2.04. The van der Waals surface area contributed by atoms with Crippen LogP contribution in [0.1, 0.15) is 31.5 Å². The van der Waals surface area contributed by atoms with Crippen molar-refractivity contribution in [2.75, 3.05) is 20.2 Å². The topological polar surface area (TPSA) is 59.5 Å². The van der Waals surface area contributed by atoms with Gasteiger partial charge in [-0.3, -0.25) is 14.5 Å². The Morgan fingerprint density at radius 2 is 2.10 bits per heavy atom. The second-order valence-corrected chi connectivity index (χ2v) is 6.36. The number of Topliss-reactive ketones (excluding diaryl/α,β-unsaturated/α-hetero) is 1. The largest absolute Gasteiger partial charge is 0.465 e. The van der Waals surface area contributed by atoms with E-state index in [0.717, 1.165) is 10.7 Å². The Morgan fingerprint density at radius 1 is 1.45 bits per heavy atom. The minimum atomic E-state index is -1.11. The van der Waals surface area contributed by atoms with Gasteiger partial charge in [-0.15, -0.1) is 11.3 Å². The Labute approximate surface area is 124 Å². The first-order chi connectivity index (χ1) is 9.27. The summed E-state index contributed by atoms with van der Waals surface area (Å²) in [5.74, 6) is -0.617. The van der Waals surface area contributed by atoms with Gasteiger partial charge in [0.15, 0.2) is 5.78 Å². The van der Waals surface area contributed by atoms with Gasteiger partial charge in [0.05, 0.1) is 23.9 Å². The van der Waals surface area contributed by atoms with Crippen molar-refractivity contribution < 1.29 is 14.3 Å². The number of ketones is 1. The van der Waals surface area contributed by atoms with Gasteiger partial charge in [-0.1, -0.05) is 0 Å². The number of ether oxygens (including phenoxy) is 1. The maximum atomic E-state index is 12.2. The molecule has 1 heterocycles. The normalized spacial score (nSPS) is 11.7. The monoisotopic (exact) mass is 298 g/mol. The summed E-state index contributed by atoms with van der Waals surface area (Å²) in [5, 5.41) is 2.99. The van der Waals surface area contributed by atoms with E-state index in [1.807, 2.05) is 24.3 Å². The molecule has 0 aliphatic heterocycles. The van der Waals surface area contributed by atoms with Crippen LogP contribution in [0.3, 0.4) is 0 Å². The minimum absolute atomic E-state index is 0.148. The number of hydrogen-bond donors (Lipinski definition) is 0. The maximum absolute atomic E-state index is 12.2. The fourth-order valence-electron chi connectivity index (χ4n) is 1.68. The molecule has 0 fully saturated rings. The van der Waals surface area contributed by atoms with Crippen LogP contribution < -0.4 is 0 Å². The molecular formula is C14H22N2O3S. The van der Waals surface area contributed by atoms with E-state index in [1.165, 1.54) is 0 Å². The fourth-order valence-corrected chi connectivity index (χ4v) is 2.29. The van der Waals surface area contributed by atoms with E-state index in [2.05, 4.69) is 4.98 Å². The number of aryl methyl sites for hydroxylation is 1. The summed E-state index contributed by atoms with van der Waals surface area (Å²) in [5.41, 5.74) is -0.167. The second kappa shape index (κ2) is 6.95. The summed E-state index contributed by atoms with van der Waals surface area (Å²) in [4.78, 5) is 30.2. The van der Waals surface area contributed by atoms with Crippen molar-refractivity contribution in [3.8, 4) is 0 Å². The number of rotatable bonds is 7. The zero-order valence-corrected chi connectivity index (χ0v) is 13.5. The second-order valence-electron chi connectivity index (χ2n) is 5.30. The van der Waals surface area contributed by atoms with Crippen LogP contribution in [0.25, 0.3) is 0 Å². The third-order valence-corrected chi connectivity index (χ3v) is 3.82. The molecule has 0 saturated carbocycles. The van der Waals surface area contributed by atoms with Crippen molar-refractivity contribution in [1.29, 1.82) is 0 Å². The van der Waals surface area contributed by atoms with Gasteiger partial charge in [0.1, 0.15) is 5.41 Å². The summed E-state index contributed by atoms with van der Waals surface area (Å²) in [6, 6.07) is 0. The van der Waals surface area contributed by atoms with Crippen molar-refractivity contribution in [1.82, 2.24) is 9.88 Å². The van der Waals surface area contributed by atoms with Gasteiger partial charge in [-0.05, 0) is 34.7 Å². The van der Waals surface area contributed by atoms with E-state index in [9.17, 15) is 9.59 Å². The number of esters is 1. The van der Waals surface area contributed by atoms with Crippen molar-refractivity contribution in [2.24, 2.45) is 5.41 Å². The zero-order chi connectivity index (χ0) is 15.3. The van der Waals surface area contributed by atoms with Crippen molar-refractivity contribution in [3.05, 3.63) is 16.1 Å². The molecule has 0 N–H and O–H groups in total. The highest BCUT2D eigenvalue weighted by atomic mass is 32.1. The molecule has 20 heavy (non-hydrogen) atoms. The zero-order valence-electron chi connectivity index (χ0n) is 12.7. The Hall–Kier alpha value is -1.27. The molecular weight excluding hydrogens is 276 g/mol. The summed E-state index contributed by atoms with van der Waals surface area (Å²) in [7, 11) is 1.84. The predicted molar refractivity (Wildman–Crippen MR) is 78.6 cm³/mol. The van der Waals surface area contributed by atoms with Crippen LogP contribution in [0, 0.1) is 12.3 Å². The van der Waals surface area contributed by atoms with Crippen LogP contribution in [0.15, 0.2) is 5.38 Å². The minimum Gasteiger partial charge on any atom is -0.465 e. The van der Waals surface area contributed by atoms with Crippen molar-refractivity contribution >= 4 is 23.1 Å². The first-order valence-corrected chi connectivity index (χ1v) is 7.45. The standard InChI is InChI=1S/C14H22N2O3S/c1-6-19-13(18)14(3,4)12(17)8-16(5)7-11-9-20-10(2)15-11/h9H,6-8H2,1-5H3. The van der Waals surface area contributed by atoms with E-state index < -0.39 is 11.4 Å². The fraction of sp³-hybridized carbons (Fsp3) is 0.643. The Kier molecular flexibility index (Phi) is 5.83. The molecule has 0 bridgehead atoms. The lowest BCUT2D eigenvalue weighted by Gasteiger charge is -2.24. The van der Waals surface area contributed by atoms with Crippen LogP contribution in [0.5, 0.6) is 0 Å². The third-order valence-electron chi connectivity index (χ3n) is 2.99. The van der Waals surface area contributed by atoms with Crippen LogP contribution in [-0.4, -0.2) is 41.8 Å². The molecule has 1 aromatic heterocycles. The maximum Gasteiger partial charge on any atom is 0.319 e. The SMILES string of the molecule is CCOC(=O)C(C)(C)C(=O)CN(C)Cc1csc(C)n1. The van der Waals surface area contributed by atoms with Gasteiger partial charge in [0.25, 0.3) is 0 Å². The number of carbonyl (C=O) groups is 2. The number of likely N-dealkylation sites (N-methyl/N-ethyl adjacent to an activating group) is 1. The number of aromatic nitrogens is 1. The molecule has 0 spiro atoms. The molecule has 5 nitrogen and oxygen atoms in total. The molecule has 0 aliphatic carbocycles. The average Bonchev–Trinajstić information content (AvgIpc) is 2.74. The Morgan fingerprint density at radius 3 is 2.60 bits per heavy atom. The van der Waals surface area contributed by atoms with Gasteiger partial charge in [0, 0.05) is 11.9 Å². The van der Waals surface area contributed by atoms with Gasteiger partial charge in [-0.25, -0.2) is 4.98 Å². The van der Waals surface area contributed by atoms with Crippen molar-refractivity contribution in [2.45, 2.75) is 34.2 Å². The Balaban J connectivity index is 2.58. The number of carbonyl (C=O) groups excluding carboxylic acids is 2. The van der Waals surface area contributed by atoms with Gasteiger partial charge < -0.3 is 4.74 Å². The summed E-state index contributed by atoms with van der Waals surface area (Å²) >= 11 is 1.59. The average molecular weight is 298 g/mol. The van der Waals surface area contributed by atoms with E-state index in [4.69, 9.17) is 4.74 Å². The van der Waals surface area contributed by atoms with Crippen LogP contribution >= 0.6 is 11.3 Å². The molecule has 0 amide bonds. The first-order valence-electron chi connectivity index (χ1n) is 6.57. The number of thiazole rings is 1. The van der Waals surface area contributed by atoms with E-state index in [1.54, 1.807) is 32.1 Å². The van der Waals surface area contributed by atoms with Gasteiger partial charge in [-0.2, -0.15) is 0 Å². The smallest absolute Gasteiger partial charge is 0.319 e. The summed E-state index contributed by atoms with van der Waals surface area (Å²) < 4.78 is 4.94. The number of hydrogen-bond acceptors (Lipinski definition) is 6. The van der Waals surface area contributed by atoms with Gasteiger partial charge in [0.2, 0.25) is 0 Å². The van der Waals surface area contributed by atoms with Crippen LogP contribution in [0.2, 0.25) is 0 Å². The van der Waals surface area contributed by atoms with E-state index in [-0.39, 0.29) is 18.9 Å². The van der Waals surface area contributed by atoms with E-state index >= 15 is 0 Å². The molecule has 1 aromatic rings. The third kappa shape index (κ3) is 4.38. The summed E-state index contributed by atoms with van der Waals surface area (Å²) in [6.07, 6.45) is 0. The molecule has 0 aromatic carbocycles. The lowest BCUT2D eigenvalue weighted by Crippen LogP contribution is -2.41. The highest BCUT2D eigenvalue weighted by Gasteiger charge is 2.37.